The number of aryl methyl sites for hydroxylation is 1. The second-order valence-electron chi connectivity index (χ2n) is 6.70. The molecule has 0 spiro atoms. The lowest BCUT2D eigenvalue weighted by Gasteiger charge is -2.22. The van der Waals surface area contributed by atoms with Crippen LogP contribution in [0, 0.1) is 5.92 Å². The van der Waals surface area contributed by atoms with Crippen LogP contribution in [-0.4, -0.2) is 59.2 Å². The van der Waals surface area contributed by atoms with Crippen molar-refractivity contribution < 1.29 is 13.9 Å². The molecule has 24 heavy (non-hydrogen) atoms. The van der Waals surface area contributed by atoms with Crippen molar-refractivity contribution in [3.05, 3.63) is 48.2 Å². The van der Waals surface area contributed by atoms with E-state index in [2.05, 4.69) is 4.90 Å². The fraction of sp³-hybridized carbons (Fsp3) is 0.500. The third kappa shape index (κ3) is 2.99. The molecule has 6 heteroatoms. The molecule has 0 aliphatic carbocycles. The molecule has 4 rings (SSSR count). The van der Waals surface area contributed by atoms with E-state index in [4.69, 9.17) is 9.15 Å². The molecule has 128 valence electrons. The van der Waals surface area contributed by atoms with Gasteiger partial charge in [0.1, 0.15) is 11.5 Å². The summed E-state index contributed by atoms with van der Waals surface area (Å²) in [6.07, 6.45) is 3.75. The maximum absolute atomic E-state index is 12.7. The first-order valence-corrected chi connectivity index (χ1v) is 8.47. The molecule has 2 aliphatic rings. The number of likely N-dealkylation sites (tertiary alicyclic amines) is 1. The predicted molar refractivity (Wildman–Crippen MR) is 88.5 cm³/mol. The second kappa shape index (κ2) is 6.45. The van der Waals surface area contributed by atoms with E-state index in [9.17, 15) is 4.79 Å². The normalized spacial score (nSPS) is 24.8. The van der Waals surface area contributed by atoms with E-state index >= 15 is 0 Å². The highest BCUT2D eigenvalue weighted by Crippen LogP contribution is 2.25. The molecule has 0 radical (unpaired) electrons. The molecule has 0 aromatic carbocycles. The Labute approximate surface area is 141 Å². The summed E-state index contributed by atoms with van der Waals surface area (Å²) in [7, 11) is 1.91. The summed E-state index contributed by atoms with van der Waals surface area (Å²) in [6.45, 7) is 4.77. The van der Waals surface area contributed by atoms with Gasteiger partial charge in [-0.2, -0.15) is 0 Å². The van der Waals surface area contributed by atoms with Crippen LogP contribution in [0.4, 0.5) is 0 Å². The number of hydrogen-bond acceptors (Lipinski definition) is 4. The van der Waals surface area contributed by atoms with Crippen LogP contribution in [0.15, 0.2) is 41.1 Å². The zero-order valence-electron chi connectivity index (χ0n) is 13.9. The molecule has 0 unspecified atom stereocenters. The van der Waals surface area contributed by atoms with Crippen LogP contribution in [0.2, 0.25) is 0 Å². The zero-order valence-corrected chi connectivity index (χ0v) is 13.9. The van der Waals surface area contributed by atoms with E-state index in [-0.39, 0.29) is 12.0 Å². The lowest BCUT2D eigenvalue weighted by molar-refractivity contribution is 0.0480. The van der Waals surface area contributed by atoms with Crippen molar-refractivity contribution in [3.8, 4) is 0 Å². The fourth-order valence-corrected chi connectivity index (χ4v) is 3.74. The number of ether oxygens (including phenoxy) is 1. The molecule has 2 aromatic rings. The van der Waals surface area contributed by atoms with E-state index < -0.39 is 0 Å². The number of rotatable bonds is 3. The Morgan fingerprint density at radius 3 is 2.92 bits per heavy atom. The van der Waals surface area contributed by atoms with Gasteiger partial charge in [-0.05, 0) is 24.3 Å². The Hall–Kier alpha value is -2.05. The summed E-state index contributed by atoms with van der Waals surface area (Å²) in [4.78, 5) is 17.0. The maximum Gasteiger partial charge on any atom is 0.270 e. The Kier molecular flexibility index (Phi) is 4.16. The van der Waals surface area contributed by atoms with Crippen molar-refractivity contribution in [3.63, 3.8) is 0 Å². The monoisotopic (exact) mass is 329 g/mol. The van der Waals surface area contributed by atoms with E-state index in [0.717, 1.165) is 37.6 Å². The molecule has 2 atom stereocenters. The van der Waals surface area contributed by atoms with Crippen LogP contribution >= 0.6 is 0 Å². The van der Waals surface area contributed by atoms with E-state index in [1.165, 1.54) is 0 Å². The largest absolute Gasteiger partial charge is 0.468 e. The van der Waals surface area contributed by atoms with E-state index in [0.29, 0.717) is 19.1 Å². The number of furan rings is 1. The molecule has 0 saturated carbocycles. The van der Waals surface area contributed by atoms with Gasteiger partial charge in [-0.25, -0.2) is 0 Å². The number of carbonyl (C=O) groups excluding carboxylic acids is 1. The third-order valence-electron chi connectivity index (χ3n) is 5.02. The average Bonchev–Trinajstić information content (AvgIpc) is 3.28. The molecule has 2 fully saturated rings. The Morgan fingerprint density at radius 1 is 1.25 bits per heavy atom. The standard InChI is InChI=1S/C18H23N3O3/c1-19-6-2-5-16(19)18(22)21-11-14-10-20(7-9-24-17(14)13-21)12-15-4-3-8-23-15/h2-6,8,14,17H,7,9-13H2,1H3/t14-,17+/m1/s1. The molecular formula is C18H23N3O3. The van der Waals surface area contributed by atoms with Gasteiger partial charge in [0.25, 0.3) is 5.91 Å². The van der Waals surface area contributed by atoms with Crippen LogP contribution in [0.25, 0.3) is 0 Å². The minimum atomic E-state index is 0.0942. The summed E-state index contributed by atoms with van der Waals surface area (Å²) < 4.78 is 13.4. The van der Waals surface area contributed by atoms with Crippen molar-refractivity contribution in [1.29, 1.82) is 0 Å². The highest BCUT2D eigenvalue weighted by Gasteiger charge is 2.39. The lowest BCUT2D eigenvalue weighted by atomic mass is 10.1. The summed E-state index contributed by atoms with van der Waals surface area (Å²) in [5.74, 6) is 1.42. The molecule has 2 saturated heterocycles. The molecule has 4 heterocycles. The van der Waals surface area contributed by atoms with Crippen molar-refractivity contribution in [2.75, 3.05) is 32.8 Å². The van der Waals surface area contributed by atoms with Crippen LogP contribution in [0.1, 0.15) is 16.2 Å². The molecule has 2 aromatic heterocycles. The maximum atomic E-state index is 12.7. The summed E-state index contributed by atoms with van der Waals surface area (Å²) >= 11 is 0. The fourth-order valence-electron chi connectivity index (χ4n) is 3.74. The van der Waals surface area contributed by atoms with Gasteiger partial charge in [0, 0.05) is 45.3 Å². The third-order valence-corrected chi connectivity index (χ3v) is 5.02. The van der Waals surface area contributed by atoms with Gasteiger partial charge in [-0.1, -0.05) is 0 Å². The van der Waals surface area contributed by atoms with Gasteiger partial charge in [0.15, 0.2) is 0 Å². The minimum absolute atomic E-state index is 0.0942. The number of aromatic nitrogens is 1. The van der Waals surface area contributed by atoms with Crippen LogP contribution in [0.3, 0.4) is 0 Å². The van der Waals surface area contributed by atoms with Crippen molar-refractivity contribution >= 4 is 5.91 Å². The van der Waals surface area contributed by atoms with E-state index in [1.807, 2.05) is 47.0 Å². The van der Waals surface area contributed by atoms with Crippen LogP contribution in [0.5, 0.6) is 0 Å². The molecule has 0 bridgehead atoms. The highest BCUT2D eigenvalue weighted by molar-refractivity contribution is 5.93. The van der Waals surface area contributed by atoms with Gasteiger partial charge in [0.2, 0.25) is 0 Å². The smallest absolute Gasteiger partial charge is 0.270 e. The lowest BCUT2D eigenvalue weighted by Crippen LogP contribution is -2.34. The molecule has 1 amide bonds. The van der Waals surface area contributed by atoms with Gasteiger partial charge >= 0.3 is 0 Å². The number of amides is 1. The minimum Gasteiger partial charge on any atom is -0.468 e. The van der Waals surface area contributed by atoms with Crippen LogP contribution in [-0.2, 0) is 18.3 Å². The first-order chi connectivity index (χ1) is 11.7. The summed E-state index contributed by atoms with van der Waals surface area (Å²) in [5.41, 5.74) is 0.735. The number of hydrogen-bond donors (Lipinski definition) is 0. The first kappa shape index (κ1) is 15.5. The topological polar surface area (TPSA) is 50.9 Å². The van der Waals surface area contributed by atoms with Crippen molar-refractivity contribution in [2.45, 2.75) is 12.6 Å². The van der Waals surface area contributed by atoms with Gasteiger partial charge in [-0.3, -0.25) is 9.69 Å². The van der Waals surface area contributed by atoms with Crippen molar-refractivity contribution in [2.24, 2.45) is 13.0 Å². The zero-order chi connectivity index (χ0) is 16.5. The van der Waals surface area contributed by atoms with Gasteiger partial charge < -0.3 is 18.6 Å². The Morgan fingerprint density at radius 2 is 2.17 bits per heavy atom. The Balaban J connectivity index is 1.42. The quantitative estimate of drug-likeness (QED) is 0.858. The number of carbonyl (C=O) groups is 1. The highest BCUT2D eigenvalue weighted by atomic mass is 16.5. The summed E-state index contributed by atoms with van der Waals surface area (Å²) in [5, 5.41) is 0. The van der Waals surface area contributed by atoms with Crippen molar-refractivity contribution in [1.82, 2.24) is 14.4 Å². The SMILES string of the molecule is Cn1cccc1C(=O)N1C[C@H]2CN(Cc3ccco3)CCO[C@H]2C1. The average molecular weight is 329 g/mol. The second-order valence-corrected chi connectivity index (χ2v) is 6.70. The molecule has 6 nitrogen and oxygen atoms in total. The number of nitrogens with zero attached hydrogens (tertiary/aromatic N) is 3. The first-order valence-electron chi connectivity index (χ1n) is 8.47. The van der Waals surface area contributed by atoms with Gasteiger partial charge in [-0.15, -0.1) is 0 Å². The molecule has 0 N–H and O–H groups in total. The number of fused-ring (bicyclic) bond motifs is 1. The Bertz CT molecular complexity index is 694. The molecular weight excluding hydrogens is 306 g/mol. The summed E-state index contributed by atoms with van der Waals surface area (Å²) in [6, 6.07) is 7.70. The predicted octanol–water partition coefficient (Wildman–Crippen LogP) is 1.59. The van der Waals surface area contributed by atoms with Crippen LogP contribution < -0.4 is 0 Å². The van der Waals surface area contributed by atoms with Gasteiger partial charge in [0.05, 0.1) is 25.5 Å². The van der Waals surface area contributed by atoms with E-state index in [1.54, 1.807) is 6.26 Å². The molecule has 2 aliphatic heterocycles.